The lowest BCUT2D eigenvalue weighted by atomic mass is 9.87. The molecule has 3 amide bonds. The van der Waals surface area contributed by atoms with Gasteiger partial charge < -0.3 is 4.90 Å². The lowest BCUT2D eigenvalue weighted by Gasteiger charge is -2.23. The van der Waals surface area contributed by atoms with Gasteiger partial charge in [0.05, 0.1) is 17.4 Å². The van der Waals surface area contributed by atoms with E-state index in [1.807, 2.05) is 12.1 Å². The van der Waals surface area contributed by atoms with Gasteiger partial charge in [0.15, 0.2) is 9.84 Å². The first kappa shape index (κ1) is 21.3. The molecular weight excluding hydrogens is 394 g/mol. The van der Waals surface area contributed by atoms with Gasteiger partial charge in [-0.2, -0.15) is 0 Å². The van der Waals surface area contributed by atoms with Crippen LogP contribution in [0.3, 0.4) is 0 Å². The van der Waals surface area contributed by atoms with Crippen molar-refractivity contribution in [3.8, 4) is 0 Å². The lowest BCUT2D eigenvalue weighted by Crippen LogP contribution is -2.45. The van der Waals surface area contributed by atoms with Crippen LogP contribution in [0.5, 0.6) is 0 Å². The Kier molecular flexibility index (Phi) is 5.71. The number of hydrazine groups is 1. The fourth-order valence-electron chi connectivity index (χ4n) is 3.70. The molecule has 0 spiro atoms. The Morgan fingerprint density at radius 3 is 2.31 bits per heavy atom. The summed E-state index contributed by atoms with van der Waals surface area (Å²) in [7, 11) is -3.11. The van der Waals surface area contributed by atoms with E-state index in [9.17, 15) is 22.8 Å². The van der Waals surface area contributed by atoms with Crippen molar-refractivity contribution in [2.24, 2.45) is 5.92 Å². The Bertz CT molecular complexity index is 918. The minimum atomic E-state index is -3.11. The van der Waals surface area contributed by atoms with E-state index in [0.29, 0.717) is 12.0 Å². The number of hydrogen-bond acceptors (Lipinski definition) is 5. The van der Waals surface area contributed by atoms with Gasteiger partial charge in [0.25, 0.3) is 5.91 Å². The summed E-state index contributed by atoms with van der Waals surface area (Å²) in [6.45, 7) is 6.40. The molecule has 8 nitrogen and oxygen atoms in total. The highest BCUT2D eigenvalue weighted by molar-refractivity contribution is 7.91. The third kappa shape index (κ3) is 4.95. The number of amides is 3. The number of benzene rings is 1. The molecule has 2 heterocycles. The van der Waals surface area contributed by atoms with Crippen LogP contribution in [0.4, 0.5) is 0 Å². The summed E-state index contributed by atoms with van der Waals surface area (Å²) >= 11 is 0. The molecule has 1 aromatic carbocycles. The third-order valence-corrected chi connectivity index (χ3v) is 7.24. The van der Waals surface area contributed by atoms with E-state index in [1.165, 1.54) is 4.90 Å². The zero-order valence-electron chi connectivity index (χ0n) is 16.9. The maximum Gasteiger partial charge on any atom is 0.269 e. The van der Waals surface area contributed by atoms with Crippen LogP contribution in [0.25, 0.3) is 0 Å². The predicted molar refractivity (Wildman–Crippen MR) is 108 cm³/mol. The van der Waals surface area contributed by atoms with Crippen molar-refractivity contribution in [1.82, 2.24) is 15.8 Å². The molecule has 0 saturated carbocycles. The average Bonchev–Trinajstić information content (AvgIpc) is 3.20. The van der Waals surface area contributed by atoms with E-state index in [0.717, 1.165) is 5.56 Å². The van der Waals surface area contributed by atoms with Gasteiger partial charge >= 0.3 is 0 Å². The van der Waals surface area contributed by atoms with E-state index < -0.39 is 27.6 Å². The zero-order valence-corrected chi connectivity index (χ0v) is 17.7. The molecule has 2 aliphatic rings. The van der Waals surface area contributed by atoms with Crippen molar-refractivity contribution in [1.29, 1.82) is 0 Å². The van der Waals surface area contributed by atoms with Gasteiger partial charge in [-0.1, -0.05) is 32.9 Å². The van der Waals surface area contributed by atoms with Crippen LogP contribution >= 0.6 is 0 Å². The number of rotatable bonds is 3. The highest BCUT2D eigenvalue weighted by Gasteiger charge is 2.42. The molecule has 0 bridgehead atoms. The van der Waals surface area contributed by atoms with Gasteiger partial charge in [0, 0.05) is 24.6 Å². The smallest absolute Gasteiger partial charge is 0.269 e. The topological polar surface area (TPSA) is 113 Å². The second-order valence-corrected chi connectivity index (χ2v) is 11.0. The number of carbonyl (C=O) groups excluding carboxylic acids is 3. The fraction of sp³-hybridized carbons (Fsp3) is 0.550. The van der Waals surface area contributed by atoms with Crippen molar-refractivity contribution in [2.45, 2.75) is 45.1 Å². The van der Waals surface area contributed by atoms with Gasteiger partial charge in [-0.25, -0.2) is 8.42 Å². The molecule has 2 atom stereocenters. The molecule has 2 unspecified atom stereocenters. The average molecular weight is 422 g/mol. The van der Waals surface area contributed by atoms with Gasteiger partial charge in [0.2, 0.25) is 11.8 Å². The van der Waals surface area contributed by atoms with E-state index in [2.05, 4.69) is 31.6 Å². The maximum absolute atomic E-state index is 12.4. The van der Waals surface area contributed by atoms with Crippen LogP contribution in [0.1, 0.15) is 49.5 Å². The van der Waals surface area contributed by atoms with Gasteiger partial charge in [0.1, 0.15) is 0 Å². The summed E-state index contributed by atoms with van der Waals surface area (Å²) in [4.78, 5) is 38.4. The van der Waals surface area contributed by atoms with E-state index in [-0.39, 0.29) is 41.8 Å². The summed E-state index contributed by atoms with van der Waals surface area (Å²) in [5.41, 5.74) is 6.25. The molecule has 0 aromatic heterocycles. The van der Waals surface area contributed by atoms with Gasteiger partial charge in [-0.15, -0.1) is 0 Å². The molecule has 2 aliphatic heterocycles. The Balaban J connectivity index is 1.53. The highest BCUT2D eigenvalue weighted by Crippen LogP contribution is 2.26. The normalized spacial score (nSPS) is 23.8. The van der Waals surface area contributed by atoms with Crippen molar-refractivity contribution < 1.29 is 22.8 Å². The fourth-order valence-corrected chi connectivity index (χ4v) is 5.43. The first-order valence-corrected chi connectivity index (χ1v) is 11.5. The first-order chi connectivity index (χ1) is 13.5. The Morgan fingerprint density at radius 2 is 1.76 bits per heavy atom. The van der Waals surface area contributed by atoms with Crippen molar-refractivity contribution in [2.75, 3.05) is 18.1 Å². The monoisotopic (exact) mass is 421 g/mol. The quantitative estimate of drug-likeness (QED) is 0.701. The Morgan fingerprint density at radius 1 is 1.10 bits per heavy atom. The molecule has 2 saturated heterocycles. The van der Waals surface area contributed by atoms with Crippen LogP contribution in [-0.4, -0.2) is 55.1 Å². The molecule has 9 heteroatoms. The molecule has 1 aromatic rings. The van der Waals surface area contributed by atoms with Crippen molar-refractivity contribution in [3.05, 3.63) is 35.4 Å². The summed E-state index contributed by atoms with van der Waals surface area (Å²) in [5, 5.41) is 0. The molecule has 0 aliphatic carbocycles. The van der Waals surface area contributed by atoms with Crippen LogP contribution in [-0.2, 0) is 24.8 Å². The number of carbonyl (C=O) groups is 3. The number of likely N-dealkylation sites (tertiary alicyclic amines) is 1. The number of sulfone groups is 1. The summed E-state index contributed by atoms with van der Waals surface area (Å²) in [5.74, 6) is -1.72. The van der Waals surface area contributed by atoms with Crippen LogP contribution in [0.2, 0.25) is 0 Å². The number of hydrogen-bond donors (Lipinski definition) is 2. The second-order valence-electron chi connectivity index (χ2n) is 8.77. The van der Waals surface area contributed by atoms with Crippen molar-refractivity contribution in [3.63, 3.8) is 0 Å². The molecule has 29 heavy (non-hydrogen) atoms. The largest absolute Gasteiger partial charge is 0.338 e. The molecular formula is C20H27N3O5S. The lowest BCUT2D eigenvalue weighted by molar-refractivity contribution is -0.130. The van der Waals surface area contributed by atoms with Gasteiger partial charge in [-0.3, -0.25) is 25.2 Å². The molecule has 2 N–H and O–H groups in total. The van der Waals surface area contributed by atoms with Crippen LogP contribution in [0, 0.1) is 5.92 Å². The van der Waals surface area contributed by atoms with Crippen LogP contribution in [0.15, 0.2) is 24.3 Å². The highest BCUT2D eigenvalue weighted by atomic mass is 32.2. The van der Waals surface area contributed by atoms with Crippen LogP contribution < -0.4 is 10.9 Å². The molecule has 3 rings (SSSR count). The number of nitrogens with one attached hydrogen (secondary N) is 2. The second kappa shape index (κ2) is 7.78. The standard InChI is InChI=1S/C20H27N3O5S/c1-20(2,3)15-6-4-13(5-7-15)18(25)21-22-19(26)14-10-17(24)23(11-14)16-8-9-29(27,28)12-16/h4-7,14,16H,8-12H2,1-3H3,(H,21,25)(H,22,26). The third-order valence-electron chi connectivity index (χ3n) is 5.49. The summed E-state index contributed by atoms with van der Waals surface area (Å²) in [6, 6.07) is 6.79. The minimum absolute atomic E-state index is 0.0124. The first-order valence-electron chi connectivity index (χ1n) is 9.67. The number of nitrogens with zero attached hydrogens (tertiary/aromatic N) is 1. The van der Waals surface area contributed by atoms with E-state index >= 15 is 0 Å². The van der Waals surface area contributed by atoms with E-state index in [4.69, 9.17) is 0 Å². The zero-order chi connectivity index (χ0) is 21.4. The van der Waals surface area contributed by atoms with Gasteiger partial charge in [-0.05, 0) is 29.5 Å². The Labute approximate surface area is 170 Å². The Hall–Kier alpha value is -2.42. The van der Waals surface area contributed by atoms with E-state index in [1.54, 1.807) is 12.1 Å². The molecule has 158 valence electrons. The molecule has 0 radical (unpaired) electrons. The summed E-state index contributed by atoms with van der Waals surface area (Å²) < 4.78 is 23.3. The predicted octanol–water partition coefficient (Wildman–Crippen LogP) is 0.781. The van der Waals surface area contributed by atoms with Crippen molar-refractivity contribution >= 4 is 27.6 Å². The SMILES string of the molecule is CC(C)(C)c1ccc(C(=O)NNC(=O)C2CC(=O)N(C3CCS(=O)(=O)C3)C2)cc1. The minimum Gasteiger partial charge on any atom is -0.338 e. The molecule has 2 fully saturated rings. The summed E-state index contributed by atoms with van der Waals surface area (Å²) in [6.07, 6.45) is 0.419. The maximum atomic E-state index is 12.4.